The molecule has 1 N–H and O–H groups in total. The molecule has 3 aromatic carbocycles. The summed E-state index contributed by atoms with van der Waals surface area (Å²) in [6.45, 7) is 4.73. The number of amides is 1. The van der Waals surface area contributed by atoms with Crippen molar-refractivity contribution >= 4 is 28.4 Å². The van der Waals surface area contributed by atoms with Crippen LogP contribution in [0.5, 0.6) is 0 Å². The molecule has 0 aliphatic carbocycles. The van der Waals surface area contributed by atoms with E-state index >= 15 is 0 Å². The summed E-state index contributed by atoms with van der Waals surface area (Å²) in [6.07, 6.45) is 2.82. The predicted molar refractivity (Wildman–Crippen MR) is 122 cm³/mol. The van der Waals surface area contributed by atoms with Gasteiger partial charge in [0, 0.05) is 16.0 Å². The van der Waals surface area contributed by atoms with E-state index in [0.717, 1.165) is 28.5 Å². The SMILES string of the molecule is CCc1ccc([C@H](C)NC(=O)c2ccc3cnn(Cc4cccc(Cl)c4)c3c2)cc1. The minimum absolute atomic E-state index is 0.0736. The van der Waals surface area contributed by atoms with E-state index < -0.39 is 0 Å². The number of halogens is 1. The molecule has 1 amide bonds. The van der Waals surface area contributed by atoms with Crippen molar-refractivity contribution in [3.8, 4) is 0 Å². The summed E-state index contributed by atoms with van der Waals surface area (Å²) in [7, 11) is 0. The van der Waals surface area contributed by atoms with E-state index in [2.05, 4.69) is 41.6 Å². The maximum Gasteiger partial charge on any atom is 0.251 e. The molecule has 0 saturated heterocycles. The Balaban J connectivity index is 1.54. The lowest BCUT2D eigenvalue weighted by Gasteiger charge is -2.15. The third-order valence-corrected chi connectivity index (χ3v) is 5.60. The van der Waals surface area contributed by atoms with Gasteiger partial charge in [-0.15, -0.1) is 0 Å². The average Bonchev–Trinajstić information content (AvgIpc) is 3.15. The van der Waals surface area contributed by atoms with Crippen LogP contribution in [0.4, 0.5) is 0 Å². The second kappa shape index (κ2) is 8.72. The summed E-state index contributed by atoms with van der Waals surface area (Å²) in [5.74, 6) is -0.0977. The molecule has 0 saturated carbocycles. The van der Waals surface area contributed by atoms with E-state index in [0.29, 0.717) is 17.1 Å². The number of hydrogen-bond donors (Lipinski definition) is 1. The summed E-state index contributed by atoms with van der Waals surface area (Å²) in [6, 6.07) is 21.7. The first-order chi connectivity index (χ1) is 14.5. The fourth-order valence-corrected chi connectivity index (χ4v) is 3.76. The minimum Gasteiger partial charge on any atom is -0.346 e. The van der Waals surface area contributed by atoms with Gasteiger partial charge in [0.05, 0.1) is 24.3 Å². The first-order valence-corrected chi connectivity index (χ1v) is 10.5. The molecule has 152 valence electrons. The Morgan fingerprint density at radius 3 is 2.60 bits per heavy atom. The topological polar surface area (TPSA) is 46.9 Å². The quantitative estimate of drug-likeness (QED) is 0.431. The number of carbonyl (C=O) groups excluding carboxylic acids is 1. The van der Waals surface area contributed by atoms with Crippen LogP contribution in [0.3, 0.4) is 0 Å². The number of benzene rings is 3. The second-order valence-corrected chi connectivity index (χ2v) is 7.93. The molecule has 0 aliphatic heterocycles. The standard InChI is InChI=1S/C25H24ClN3O/c1-3-18-7-9-20(10-8-18)17(2)28-25(30)21-11-12-22-15-27-29(24(22)14-21)16-19-5-4-6-23(26)13-19/h4-15,17H,3,16H2,1-2H3,(H,28,30)/t17-/m0/s1. The maximum atomic E-state index is 12.9. The fourth-order valence-electron chi connectivity index (χ4n) is 3.55. The molecule has 0 radical (unpaired) electrons. The Kier molecular flexibility index (Phi) is 5.86. The summed E-state index contributed by atoms with van der Waals surface area (Å²) in [5.41, 5.74) is 4.98. The summed E-state index contributed by atoms with van der Waals surface area (Å²) < 4.78 is 1.89. The Bertz CT molecular complexity index is 1180. The van der Waals surface area contributed by atoms with Gasteiger partial charge in [-0.1, -0.05) is 61.0 Å². The zero-order chi connectivity index (χ0) is 21.1. The van der Waals surface area contributed by atoms with Crippen molar-refractivity contribution < 1.29 is 4.79 Å². The van der Waals surface area contributed by atoms with Crippen LogP contribution >= 0.6 is 11.6 Å². The van der Waals surface area contributed by atoms with E-state index in [1.807, 2.05) is 60.3 Å². The molecule has 1 heterocycles. The molecule has 0 fully saturated rings. The van der Waals surface area contributed by atoms with Gasteiger partial charge in [-0.3, -0.25) is 9.48 Å². The lowest BCUT2D eigenvalue weighted by molar-refractivity contribution is 0.0940. The highest BCUT2D eigenvalue weighted by Crippen LogP contribution is 2.20. The molecule has 4 aromatic rings. The highest BCUT2D eigenvalue weighted by atomic mass is 35.5. The van der Waals surface area contributed by atoms with Gasteiger partial charge in [0.15, 0.2) is 0 Å². The lowest BCUT2D eigenvalue weighted by atomic mass is 10.0. The number of aromatic nitrogens is 2. The average molecular weight is 418 g/mol. The van der Waals surface area contributed by atoms with Gasteiger partial charge >= 0.3 is 0 Å². The zero-order valence-electron chi connectivity index (χ0n) is 17.1. The van der Waals surface area contributed by atoms with Gasteiger partial charge in [-0.25, -0.2) is 0 Å². The van der Waals surface area contributed by atoms with Crippen LogP contribution in [0, 0.1) is 0 Å². The first-order valence-electron chi connectivity index (χ1n) is 10.1. The highest BCUT2D eigenvalue weighted by Gasteiger charge is 2.13. The molecule has 30 heavy (non-hydrogen) atoms. The Morgan fingerprint density at radius 2 is 1.87 bits per heavy atom. The molecule has 4 rings (SSSR count). The fraction of sp³-hybridized carbons (Fsp3) is 0.200. The predicted octanol–water partition coefficient (Wildman–Crippen LogP) is 5.79. The summed E-state index contributed by atoms with van der Waals surface area (Å²) in [4.78, 5) is 12.9. The van der Waals surface area contributed by atoms with E-state index in [9.17, 15) is 4.79 Å². The monoisotopic (exact) mass is 417 g/mol. The number of fused-ring (bicyclic) bond motifs is 1. The molecule has 0 bridgehead atoms. The molecule has 0 unspecified atom stereocenters. The summed E-state index contributed by atoms with van der Waals surface area (Å²) >= 11 is 6.10. The number of aryl methyl sites for hydroxylation is 1. The zero-order valence-corrected chi connectivity index (χ0v) is 17.9. The van der Waals surface area contributed by atoms with Crippen LogP contribution in [0.25, 0.3) is 10.9 Å². The lowest BCUT2D eigenvalue weighted by Crippen LogP contribution is -2.26. The van der Waals surface area contributed by atoms with Crippen molar-refractivity contribution in [1.82, 2.24) is 15.1 Å². The Morgan fingerprint density at radius 1 is 1.07 bits per heavy atom. The highest BCUT2D eigenvalue weighted by molar-refractivity contribution is 6.30. The molecule has 5 heteroatoms. The van der Waals surface area contributed by atoms with Crippen molar-refractivity contribution in [3.05, 3.63) is 100 Å². The number of nitrogens with zero attached hydrogens (tertiary/aromatic N) is 2. The van der Waals surface area contributed by atoms with Crippen molar-refractivity contribution in [1.29, 1.82) is 0 Å². The van der Waals surface area contributed by atoms with Crippen LogP contribution in [-0.2, 0) is 13.0 Å². The molecule has 0 spiro atoms. The Labute approximate surface area is 181 Å². The van der Waals surface area contributed by atoms with Gasteiger partial charge < -0.3 is 5.32 Å². The first kappa shape index (κ1) is 20.2. The van der Waals surface area contributed by atoms with Gasteiger partial charge in [0.1, 0.15) is 0 Å². The van der Waals surface area contributed by atoms with Crippen molar-refractivity contribution in [2.75, 3.05) is 0 Å². The van der Waals surface area contributed by atoms with Crippen LogP contribution in [0.1, 0.15) is 46.9 Å². The molecule has 1 atom stereocenters. The van der Waals surface area contributed by atoms with Gasteiger partial charge in [-0.05, 0) is 54.3 Å². The molecule has 1 aromatic heterocycles. The minimum atomic E-state index is -0.0977. The number of hydrogen-bond acceptors (Lipinski definition) is 2. The maximum absolute atomic E-state index is 12.9. The van der Waals surface area contributed by atoms with Gasteiger partial charge in [-0.2, -0.15) is 5.10 Å². The van der Waals surface area contributed by atoms with Crippen molar-refractivity contribution in [2.45, 2.75) is 32.9 Å². The normalized spacial score (nSPS) is 12.1. The van der Waals surface area contributed by atoms with E-state index in [1.165, 1.54) is 5.56 Å². The van der Waals surface area contributed by atoms with E-state index in [-0.39, 0.29) is 11.9 Å². The number of rotatable bonds is 6. The van der Waals surface area contributed by atoms with Gasteiger partial charge in [0.25, 0.3) is 5.91 Å². The van der Waals surface area contributed by atoms with Crippen LogP contribution in [0.2, 0.25) is 5.02 Å². The number of carbonyl (C=O) groups is 1. The molecular formula is C25H24ClN3O. The summed E-state index contributed by atoms with van der Waals surface area (Å²) in [5, 5.41) is 9.28. The van der Waals surface area contributed by atoms with Crippen LogP contribution in [-0.4, -0.2) is 15.7 Å². The molecule has 0 aliphatic rings. The smallest absolute Gasteiger partial charge is 0.251 e. The third-order valence-electron chi connectivity index (χ3n) is 5.36. The van der Waals surface area contributed by atoms with Gasteiger partial charge in [0.2, 0.25) is 0 Å². The van der Waals surface area contributed by atoms with E-state index in [1.54, 1.807) is 0 Å². The van der Waals surface area contributed by atoms with Crippen LogP contribution in [0.15, 0.2) is 72.9 Å². The largest absolute Gasteiger partial charge is 0.346 e. The van der Waals surface area contributed by atoms with Crippen LogP contribution < -0.4 is 5.32 Å². The third kappa shape index (κ3) is 4.39. The molecular weight excluding hydrogens is 394 g/mol. The van der Waals surface area contributed by atoms with Crippen molar-refractivity contribution in [2.24, 2.45) is 0 Å². The number of nitrogens with one attached hydrogen (secondary N) is 1. The van der Waals surface area contributed by atoms with Crippen molar-refractivity contribution in [3.63, 3.8) is 0 Å². The molecule has 4 nitrogen and oxygen atoms in total. The van der Waals surface area contributed by atoms with E-state index in [4.69, 9.17) is 11.6 Å². The Hall–Kier alpha value is -3.11. The second-order valence-electron chi connectivity index (χ2n) is 7.50.